The topological polar surface area (TPSA) is 77.9 Å². The molecule has 1 heterocycles. The van der Waals surface area contributed by atoms with Crippen LogP contribution in [0.4, 0.5) is 0 Å². The van der Waals surface area contributed by atoms with Gasteiger partial charge in [-0.2, -0.15) is 0 Å². The molecule has 1 saturated carbocycles. The van der Waals surface area contributed by atoms with E-state index in [1.807, 2.05) is 0 Å². The average Bonchev–Trinajstić information content (AvgIpc) is 2.59. The largest absolute Gasteiger partial charge is 0.350 e. The maximum atomic E-state index is 11.8. The van der Waals surface area contributed by atoms with Gasteiger partial charge in [-0.1, -0.05) is 24.4 Å². The summed E-state index contributed by atoms with van der Waals surface area (Å²) in [5.41, 5.74) is 8.39. The molecule has 1 unspecified atom stereocenters. The molecular formula is C10H16N4O. The summed E-state index contributed by atoms with van der Waals surface area (Å²) in [5.74, 6) is -0.0767. The van der Waals surface area contributed by atoms with Crippen molar-refractivity contribution in [1.29, 1.82) is 0 Å². The molecule has 0 aromatic rings. The lowest BCUT2D eigenvalue weighted by Crippen LogP contribution is -2.47. The van der Waals surface area contributed by atoms with Crippen LogP contribution < -0.4 is 5.32 Å². The molecule has 5 heteroatoms. The number of hydrogen-bond acceptors (Lipinski definition) is 2. The minimum absolute atomic E-state index is 0.0246. The van der Waals surface area contributed by atoms with Crippen molar-refractivity contribution >= 4 is 5.91 Å². The Morgan fingerprint density at radius 3 is 2.67 bits per heavy atom. The van der Waals surface area contributed by atoms with Crippen molar-refractivity contribution in [3.8, 4) is 0 Å². The van der Waals surface area contributed by atoms with Crippen LogP contribution in [0.1, 0.15) is 44.9 Å². The van der Waals surface area contributed by atoms with E-state index in [9.17, 15) is 4.79 Å². The van der Waals surface area contributed by atoms with Gasteiger partial charge in [-0.3, -0.25) is 4.79 Å². The van der Waals surface area contributed by atoms with Crippen molar-refractivity contribution in [2.24, 2.45) is 5.11 Å². The van der Waals surface area contributed by atoms with Gasteiger partial charge in [0.05, 0.1) is 0 Å². The number of carbonyl (C=O) groups excluding carboxylic acids is 1. The second-order valence-corrected chi connectivity index (χ2v) is 4.59. The van der Waals surface area contributed by atoms with E-state index in [-0.39, 0.29) is 11.4 Å². The van der Waals surface area contributed by atoms with Crippen molar-refractivity contribution in [2.75, 3.05) is 0 Å². The molecule has 5 nitrogen and oxygen atoms in total. The summed E-state index contributed by atoms with van der Waals surface area (Å²) in [6, 6.07) is -0.491. The number of nitrogens with zero attached hydrogens (tertiary/aromatic N) is 3. The van der Waals surface area contributed by atoms with E-state index < -0.39 is 6.04 Å². The molecular weight excluding hydrogens is 192 g/mol. The van der Waals surface area contributed by atoms with E-state index in [0.717, 1.165) is 25.7 Å². The van der Waals surface area contributed by atoms with Gasteiger partial charge in [-0.15, -0.1) is 0 Å². The van der Waals surface area contributed by atoms with Gasteiger partial charge in [0.2, 0.25) is 5.91 Å². The Bertz CT molecular complexity index is 303. The number of hydrogen-bond donors (Lipinski definition) is 1. The molecule has 2 rings (SSSR count). The van der Waals surface area contributed by atoms with Crippen molar-refractivity contribution in [3.63, 3.8) is 0 Å². The fraction of sp³-hybridized carbons (Fsp3) is 0.900. The highest BCUT2D eigenvalue weighted by molar-refractivity contribution is 5.83. The van der Waals surface area contributed by atoms with Crippen molar-refractivity contribution in [2.45, 2.75) is 56.5 Å². The van der Waals surface area contributed by atoms with Gasteiger partial charge in [0.1, 0.15) is 6.04 Å². The van der Waals surface area contributed by atoms with E-state index in [1.54, 1.807) is 0 Å². The maximum Gasteiger partial charge on any atom is 0.229 e. The van der Waals surface area contributed by atoms with E-state index in [0.29, 0.717) is 6.42 Å². The summed E-state index contributed by atoms with van der Waals surface area (Å²) in [5, 5.41) is 6.63. The van der Waals surface area contributed by atoms with E-state index in [1.165, 1.54) is 12.8 Å². The van der Waals surface area contributed by atoms with Gasteiger partial charge < -0.3 is 5.32 Å². The summed E-state index contributed by atoms with van der Waals surface area (Å²) in [6.45, 7) is 0. The lowest BCUT2D eigenvalue weighted by atomic mass is 9.92. The number of nitrogens with one attached hydrogen (secondary N) is 1. The molecule has 1 atom stereocenters. The maximum absolute atomic E-state index is 11.8. The summed E-state index contributed by atoms with van der Waals surface area (Å²) in [7, 11) is 0. The summed E-state index contributed by atoms with van der Waals surface area (Å²) < 4.78 is 0. The molecule has 1 N–H and O–H groups in total. The van der Waals surface area contributed by atoms with Gasteiger partial charge in [-0.25, -0.2) is 0 Å². The molecule has 0 bridgehead atoms. The van der Waals surface area contributed by atoms with E-state index in [4.69, 9.17) is 5.53 Å². The van der Waals surface area contributed by atoms with Gasteiger partial charge in [-0.05, 0) is 31.2 Å². The molecule has 82 valence electrons. The van der Waals surface area contributed by atoms with Crippen molar-refractivity contribution in [1.82, 2.24) is 5.32 Å². The molecule has 0 radical (unpaired) electrons. The Hall–Kier alpha value is -1.22. The fourth-order valence-corrected chi connectivity index (χ4v) is 2.77. The first-order valence-electron chi connectivity index (χ1n) is 5.62. The van der Waals surface area contributed by atoms with Gasteiger partial charge in [0, 0.05) is 10.5 Å². The first-order chi connectivity index (χ1) is 7.26. The second-order valence-electron chi connectivity index (χ2n) is 4.59. The Morgan fingerprint density at radius 2 is 2.00 bits per heavy atom. The highest BCUT2D eigenvalue weighted by Crippen LogP contribution is 2.36. The Morgan fingerprint density at radius 1 is 1.33 bits per heavy atom. The number of azide groups is 1. The highest BCUT2D eigenvalue weighted by Gasteiger charge is 2.38. The average molecular weight is 208 g/mol. The van der Waals surface area contributed by atoms with Crippen LogP contribution in [0.2, 0.25) is 0 Å². The predicted molar refractivity (Wildman–Crippen MR) is 56.1 cm³/mol. The van der Waals surface area contributed by atoms with Gasteiger partial charge in [0.25, 0.3) is 0 Å². The van der Waals surface area contributed by atoms with Crippen LogP contribution in [0.15, 0.2) is 5.11 Å². The Kier molecular flexibility index (Phi) is 2.82. The number of carbonyl (C=O) groups is 1. The molecule has 1 aliphatic heterocycles. The monoisotopic (exact) mass is 208 g/mol. The van der Waals surface area contributed by atoms with Gasteiger partial charge in [0.15, 0.2) is 0 Å². The lowest BCUT2D eigenvalue weighted by Gasteiger charge is -2.28. The molecule has 2 fully saturated rings. The first-order valence-corrected chi connectivity index (χ1v) is 5.62. The van der Waals surface area contributed by atoms with E-state index >= 15 is 0 Å². The zero-order valence-corrected chi connectivity index (χ0v) is 8.78. The highest BCUT2D eigenvalue weighted by atomic mass is 16.2. The molecule has 1 aliphatic carbocycles. The Labute approximate surface area is 88.9 Å². The van der Waals surface area contributed by atoms with Gasteiger partial charge >= 0.3 is 0 Å². The quantitative estimate of drug-likeness (QED) is 0.400. The molecule has 1 spiro atoms. The Balaban J connectivity index is 2.10. The summed E-state index contributed by atoms with van der Waals surface area (Å²) in [6.07, 6.45) is 7.28. The summed E-state index contributed by atoms with van der Waals surface area (Å²) in [4.78, 5) is 14.5. The summed E-state index contributed by atoms with van der Waals surface area (Å²) >= 11 is 0. The smallest absolute Gasteiger partial charge is 0.229 e. The van der Waals surface area contributed by atoms with Crippen LogP contribution in [0.25, 0.3) is 10.4 Å². The molecule has 2 aliphatic rings. The third-order valence-corrected chi connectivity index (χ3v) is 3.58. The molecule has 0 aromatic heterocycles. The number of amides is 1. The molecule has 1 saturated heterocycles. The van der Waals surface area contributed by atoms with Crippen LogP contribution >= 0.6 is 0 Å². The third-order valence-electron chi connectivity index (χ3n) is 3.58. The molecule has 1 amide bonds. The van der Waals surface area contributed by atoms with Crippen LogP contribution in [-0.4, -0.2) is 17.5 Å². The zero-order valence-electron chi connectivity index (χ0n) is 8.78. The van der Waals surface area contributed by atoms with Crippen LogP contribution in [-0.2, 0) is 4.79 Å². The van der Waals surface area contributed by atoms with Crippen LogP contribution in [0.3, 0.4) is 0 Å². The molecule has 15 heavy (non-hydrogen) atoms. The first kappa shape index (κ1) is 10.3. The third kappa shape index (κ3) is 2.07. The van der Waals surface area contributed by atoms with Crippen LogP contribution in [0.5, 0.6) is 0 Å². The number of rotatable bonds is 1. The second kappa shape index (κ2) is 4.11. The van der Waals surface area contributed by atoms with Crippen molar-refractivity contribution in [3.05, 3.63) is 10.4 Å². The lowest BCUT2D eigenvalue weighted by molar-refractivity contribution is -0.123. The normalized spacial score (nSPS) is 29.3. The van der Waals surface area contributed by atoms with Crippen LogP contribution in [0, 0.1) is 0 Å². The van der Waals surface area contributed by atoms with Crippen molar-refractivity contribution < 1.29 is 4.79 Å². The SMILES string of the molecule is [N-]=[N+]=NC1CCCC2(CCCC2)NC1=O. The zero-order chi connectivity index (χ0) is 10.7. The standard InChI is InChI=1S/C10H16N4O/c11-14-13-8-4-3-7-10(12-9(8)15)5-1-2-6-10/h8H,1-7H2,(H,12,15). The minimum atomic E-state index is -0.491. The fourth-order valence-electron chi connectivity index (χ4n) is 2.77. The molecule has 0 aromatic carbocycles. The minimum Gasteiger partial charge on any atom is -0.350 e. The predicted octanol–water partition coefficient (Wildman–Crippen LogP) is 2.28. The van der Waals surface area contributed by atoms with E-state index in [2.05, 4.69) is 15.3 Å².